The minimum Gasteiger partial charge on any atom is -0.503 e. The van der Waals surface area contributed by atoms with Crippen molar-refractivity contribution in [2.45, 2.75) is 26.8 Å². The van der Waals surface area contributed by atoms with Crippen LogP contribution in [0.15, 0.2) is 64.3 Å². The molecule has 6 nitrogen and oxygen atoms in total. The highest BCUT2D eigenvalue weighted by atomic mass is 35.5. The van der Waals surface area contributed by atoms with Crippen LogP contribution < -0.4 is 4.90 Å². The third-order valence-corrected chi connectivity index (χ3v) is 6.88. The number of carbonyl (C=O) groups excluding carboxylic acids is 2. The highest BCUT2D eigenvalue weighted by molar-refractivity contribution is 7.22. The van der Waals surface area contributed by atoms with Crippen LogP contribution >= 0.6 is 22.9 Å². The molecule has 2 aromatic carbocycles. The monoisotopic (exact) mass is 478 g/mol. The Bertz CT molecular complexity index is 1470. The number of furan rings is 1. The first-order chi connectivity index (χ1) is 15.7. The SMILES string of the molecule is Cc1cc(C)c2nc(N3C(=O)C(O)=C(C(=O)c4ccc(C)o4)[C@H]3c3ccc(Cl)cc3)sc2c1. The van der Waals surface area contributed by atoms with Gasteiger partial charge in [-0.2, -0.15) is 0 Å². The molecule has 8 heteroatoms. The lowest BCUT2D eigenvalue weighted by atomic mass is 9.95. The largest absolute Gasteiger partial charge is 0.503 e. The molecular formula is C25H19ClN2O4S. The molecule has 0 spiro atoms. The number of Topliss-reactive ketones (excluding diaryl/α,β-unsaturated/α-hetero) is 1. The Morgan fingerprint density at radius 1 is 1.12 bits per heavy atom. The summed E-state index contributed by atoms with van der Waals surface area (Å²) in [5, 5.41) is 11.8. The number of aliphatic hydroxyl groups is 1. The number of hydrogen-bond donors (Lipinski definition) is 1. The maximum Gasteiger partial charge on any atom is 0.296 e. The minimum atomic E-state index is -0.880. The molecule has 33 heavy (non-hydrogen) atoms. The van der Waals surface area contributed by atoms with E-state index >= 15 is 0 Å². The van der Waals surface area contributed by atoms with E-state index in [9.17, 15) is 14.7 Å². The van der Waals surface area contributed by atoms with Gasteiger partial charge in [0.25, 0.3) is 5.91 Å². The molecular weight excluding hydrogens is 460 g/mol. The number of aromatic nitrogens is 1. The number of thiazole rings is 1. The Morgan fingerprint density at radius 3 is 2.52 bits per heavy atom. The molecule has 0 saturated heterocycles. The smallest absolute Gasteiger partial charge is 0.296 e. The summed E-state index contributed by atoms with van der Waals surface area (Å²) in [6.45, 7) is 5.68. The average Bonchev–Trinajstić information content (AvgIpc) is 3.45. The Kier molecular flexibility index (Phi) is 5.11. The van der Waals surface area contributed by atoms with E-state index in [1.54, 1.807) is 37.3 Å². The lowest BCUT2D eigenvalue weighted by molar-refractivity contribution is -0.117. The first-order valence-electron chi connectivity index (χ1n) is 10.3. The molecule has 166 valence electrons. The van der Waals surface area contributed by atoms with Crippen molar-refractivity contribution in [1.82, 2.24) is 4.98 Å². The van der Waals surface area contributed by atoms with Gasteiger partial charge in [0, 0.05) is 5.02 Å². The van der Waals surface area contributed by atoms with Crippen molar-refractivity contribution in [1.29, 1.82) is 0 Å². The van der Waals surface area contributed by atoms with Crippen LogP contribution in [0.3, 0.4) is 0 Å². The van der Waals surface area contributed by atoms with Gasteiger partial charge in [0.2, 0.25) is 5.78 Å². The lowest BCUT2D eigenvalue weighted by Crippen LogP contribution is -2.30. The first-order valence-corrected chi connectivity index (χ1v) is 11.4. The molecule has 1 aliphatic heterocycles. The zero-order valence-electron chi connectivity index (χ0n) is 18.0. The number of halogens is 1. The summed E-state index contributed by atoms with van der Waals surface area (Å²) in [5.74, 6) is -1.24. The first kappa shape index (κ1) is 21.4. The number of amides is 1. The molecule has 0 unspecified atom stereocenters. The van der Waals surface area contributed by atoms with Gasteiger partial charge in [-0.15, -0.1) is 0 Å². The zero-order valence-corrected chi connectivity index (χ0v) is 19.6. The molecule has 1 atom stereocenters. The molecule has 1 aliphatic rings. The van der Waals surface area contributed by atoms with Gasteiger partial charge in [0.15, 0.2) is 16.7 Å². The van der Waals surface area contributed by atoms with Crippen molar-refractivity contribution < 1.29 is 19.1 Å². The number of nitrogens with zero attached hydrogens (tertiary/aromatic N) is 2. The van der Waals surface area contributed by atoms with Gasteiger partial charge in [0.1, 0.15) is 5.76 Å². The molecule has 1 N–H and O–H groups in total. The van der Waals surface area contributed by atoms with Gasteiger partial charge in [-0.05, 0) is 67.8 Å². The van der Waals surface area contributed by atoms with E-state index in [0.717, 1.165) is 21.3 Å². The molecule has 3 heterocycles. The summed E-state index contributed by atoms with van der Waals surface area (Å²) in [4.78, 5) is 32.8. The third kappa shape index (κ3) is 3.53. The molecule has 0 radical (unpaired) electrons. The van der Waals surface area contributed by atoms with Crippen molar-refractivity contribution in [3.05, 3.63) is 93.1 Å². The number of rotatable bonds is 4. The Hall–Kier alpha value is -3.42. The molecule has 0 bridgehead atoms. The predicted molar refractivity (Wildman–Crippen MR) is 128 cm³/mol. The Labute approximate surface area is 198 Å². The van der Waals surface area contributed by atoms with Crippen LogP contribution in [0.2, 0.25) is 5.02 Å². The van der Waals surface area contributed by atoms with E-state index < -0.39 is 23.5 Å². The van der Waals surface area contributed by atoms with E-state index in [-0.39, 0.29) is 11.3 Å². The van der Waals surface area contributed by atoms with Gasteiger partial charge in [0.05, 0.1) is 21.8 Å². The van der Waals surface area contributed by atoms with E-state index in [1.165, 1.54) is 22.3 Å². The number of hydrogen-bond acceptors (Lipinski definition) is 6. The number of carbonyl (C=O) groups is 2. The number of aryl methyl sites for hydroxylation is 3. The fraction of sp³-hybridized carbons (Fsp3) is 0.160. The minimum absolute atomic E-state index is 0.0520. The van der Waals surface area contributed by atoms with E-state index in [4.69, 9.17) is 21.0 Å². The second-order valence-electron chi connectivity index (χ2n) is 8.06. The van der Waals surface area contributed by atoms with Crippen LogP contribution in [0.1, 0.15) is 39.0 Å². The van der Waals surface area contributed by atoms with Gasteiger partial charge < -0.3 is 9.52 Å². The maximum absolute atomic E-state index is 13.4. The summed E-state index contributed by atoms with van der Waals surface area (Å²) in [5.41, 5.74) is 3.42. The molecule has 0 saturated carbocycles. The van der Waals surface area contributed by atoms with Crippen LogP contribution in [-0.2, 0) is 4.79 Å². The molecule has 0 fully saturated rings. The second kappa shape index (κ2) is 7.86. The number of anilines is 1. The Balaban J connectivity index is 1.69. The van der Waals surface area contributed by atoms with Crippen molar-refractivity contribution in [2.24, 2.45) is 0 Å². The summed E-state index contributed by atoms with van der Waals surface area (Å²) in [6, 6.07) is 13.2. The van der Waals surface area contributed by atoms with Crippen LogP contribution in [-0.4, -0.2) is 21.8 Å². The van der Waals surface area contributed by atoms with Crippen LogP contribution in [0.4, 0.5) is 5.13 Å². The van der Waals surface area contributed by atoms with Crippen LogP contribution in [0.25, 0.3) is 10.2 Å². The van der Waals surface area contributed by atoms with Gasteiger partial charge in [-0.3, -0.25) is 14.5 Å². The Morgan fingerprint density at radius 2 is 1.85 bits per heavy atom. The van der Waals surface area contributed by atoms with Crippen molar-refractivity contribution in [3.8, 4) is 0 Å². The van der Waals surface area contributed by atoms with E-state index in [1.807, 2.05) is 26.0 Å². The standard InChI is InChI=1S/C25H19ClN2O4S/c1-12-10-13(2)20-18(11-12)33-25(27-20)28-21(15-5-7-16(26)8-6-15)19(23(30)24(28)31)22(29)17-9-4-14(3)32-17/h4-11,21,30H,1-3H3/t21-/m1/s1. The lowest BCUT2D eigenvalue weighted by Gasteiger charge is -2.24. The van der Waals surface area contributed by atoms with Gasteiger partial charge in [-0.1, -0.05) is 41.1 Å². The zero-order chi connectivity index (χ0) is 23.4. The van der Waals surface area contributed by atoms with Gasteiger partial charge >= 0.3 is 0 Å². The van der Waals surface area contributed by atoms with Crippen LogP contribution in [0, 0.1) is 20.8 Å². The van der Waals surface area contributed by atoms with Gasteiger partial charge in [-0.25, -0.2) is 4.98 Å². The van der Waals surface area contributed by atoms with E-state index in [2.05, 4.69) is 0 Å². The second-order valence-corrected chi connectivity index (χ2v) is 9.50. The highest BCUT2D eigenvalue weighted by Gasteiger charge is 2.46. The number of aliphatic hydroxyl groups excluding tert-OH is 1. The van der Waals surface area contributed by atoms with E-state index in [0.29, 0.717) is 21.5 Å². The summed E-state index contributed by atoms with van der Waals surface area (Å²) < 4.78 is 6.43. The fourth-order valence-corrected chi connectivity index (χ4v) is 5.44. The number of ketones is 1. The predicted octanol–water partition coefficient (Wildman–Crippen LogP) is 6.25. The molecule has 1 amide bonds. The van der Waals surface area contributed by atoms with Crippen molar-refractivity contribution in [3.63, 3.8) is 0 Å². The quantitative estimate of drug-likeness (QED) is 0.350. The third-order valence-electron chi connectivity index (χ3n) is 5.63. The average molecular weight is 479 g/mol. The fourth-order valence-electron chi connectivity index (χ4n) is 4.15. The molecule has 4 aromatic rings. The molecule has 0 aliphatic carbocycles. The maximum atomic E-state index is 13.4. The number of benzene rings is 2. The number of fused-ring (bicyclic) bond motifs is 1. The normalized spacial score (nSPS) is 16.3. The highest BCUT2D eigenvalue weighted by Crippen LogP contribution is 2.44. The summed E-state index contributed by atoms with van der Waals surface area (Å²) in [7, 11) is 0. The van der Waals surface area contributed by atoms with Crippen molar-refractivity contribution in [2.75, 3.05) is 4.90 Å². The summed E-state index contributed by atoms with van der Waals surface area (Å²) in [6.07, 6.45) is 0. The summed E-state index contributed by atoms with van der Waals surface area (Å²) >= 11 is 7.42. The van der Waals surface area contributed by atoms with Crippen LogP contribution in [0.5, 0.6) is 0 Å². The van der Waals surface area contributed by atoms with Crippen molar-refractivity contribution >= 4 is 50.0 Å². The topological polar surface area (TPSA) is 83.6 Å². The molecule has 2 aromatic heterocycles. The molecule has 5 rings (SSSR count).